The van der Waals surface area contributed by atoms with Crippen molar-refractivity contribution in [1.29, 1.82) is 0 Å². The van der Waals surface area contributed by atoms with Gasteiger partial charge in [-0.3, -0.25) is 4.21 Å². The van der Waals surface area contributed by atoms with Gasteiger partial charge < -0.3 is 5.32 Å². The summed E-state index contributed by atoms with van der Waals surface area (Å²) in [6.07, 6.45) is 5.85. The lowest BCUT2D eigenvalue weighted by Gasteiger charge is -2.29. The Kier molecular flexibility index (Phi) is 6.24. The molecule has 3 heteroatoms. The molecule has 0 heterocycles. The van der Waals surface area contributed by atoms with Crippen molar-refractivity contribution in [2.24, 2.45) is 0 Å². The number of nitrogens with one attached hydrogen (secondary N) is 1. The predicted octanol–water partition coefficient (Wildman–Crippen LogP) is 3.55. The van der Waals surface area contributed by atoms with Crippen molar-refractivity contribution in [2.45, 2.75) is 63.0 Å². The SMILES string of the molecule is CCCNC1CCCC(S(=O)Cc2ccccc2C)C1. The smallest absolute Gasteiger partial charge is 0.0491 e. The number of hydrogen-bond donors (Lipinski definition) is 1. The largest absolute Gasteiger partial charge is 0.314 e. The maximum absolute atomic E-state index is 12.6. The number of aryl methyl sites for hydroxylation is 1. The Bertz CT molecular complexity index is 446. The van der Waals surface area contributed by atoms with Crippen molar-refractivity contribution in [1.82, 2.24) is 5.32 Å². The Morgan fingerprint density at radius 3 is 2.85 bits per heavy atom. The van der Waals surface area contributed by atoms with E-state index in [1.54, 1.807) is 0 Å². The molecule has 0 radical (unpaired) electrons. The Labute approximate surface area is 125 Å². The summed E-state index contributed by atoms with van der Waals surface area (Å²) in [6.45, 7) is 5.39. The van der Waals surface area contributed by atoms with Gasteiger partial charge in [-0.25, -0.2) is 0 Å². The Balaban J connectivity index is 1.90. The van der Waals surface area contributed by atoms with E-state index in [1.807, 2.05) is 12.1 Å². The lowest BCUT2D eigenvalue weighted by Crippen LogP contribution is -2.38. The summed E-state index contributed by atoms with van der Waals surface area (Å²) < 4.78 is 12.6. The first-order valence-corrected chi connectivity index (χ1v) is 9.24. The molecular formula is C17H27NOS. The molecule has 1 saturated carbocycles. The van der Waals surface area contributed by atoms with Gasteiger partial charge in [0.2, 0.25) is 0 Å². The molecule has 1 fully saturated rings. The standard InChI is InChI=1S/C17H27NOS/c1-3-11-18-16-9-6-10-17(12-16)20(19)13-15-8-5-4-7-14(15)2/h4-5,7-8,16-18H,3,6,9-13H2,1-2H3. The normalized spacial score (nSPS) is 24.5. The first kappa shape index (κ1) is 15.7. The summed E-state index contributed by atoms with van der Waals surface area (Å²) in [4.78, 5) is 0. The molecule has 0 aliphatic heterocycles. The average Bonchev–Trinajstić information content (AvgIpc) is 2.48. The van der Waals surface area contributed by atoms with Gasteiger partial charge in [0.1, 0.15) is 0 Å². The van der Waals surface area contributed by atoms with Gasteiger partial charge in [-0.15, -0.1) is 0 Å². The highest BCUT2D eigenvalue weighted by Crippen LogP contribution is 2.25. The highest BCUT2D eigenvalue weighted by atomic mass is 32.2. The molecule has 1 aromatic carbocycles. The number of benzene rings is 1. The first-order valence-electron chi connectivity index (χ1n) is 7.85. The second-order valence-corrected chi connectivity index (χ2v) is 7.61. The fourth-order valence-corrected chi connectivity index (χ4v) is 4.70. The molecule has 0 saturated heterocycles. The molecule has 20 heavy (non-hydrogen) atoms. The molecule has 0 spiro atoms. The summed E-state index contributed by atoms with van der Waals surface area (Å²) in [7, 11) is -0.734. The first-order chi connectivity index (χ1) is 9.70. The zero-order chi connectivity index (χ0) is 14.4. The zero-order valence-corrected chi connectivity index (χ0v) is 13.5. The van der Waals surface area contributed by atoms with Gasteiger partial charge in [-0.1, -0.05) is 37.6 Å². The van der Waals surface area contributed by atoms with Crippen LogP contribution < -0.4 is 5.32 Å². The van der Waals surface area contributed by atoms with Gasteiger partial charge in [-0.2, -0.15) is 0 Å². The summed E-state index contributed by atoms with van der Waals surface area (Å²) >= 11 is 0. The van der Waals surface area contributed by atoms with Crippen LogP contribution in [0.15, 0.2) is 24.3 Å². The highest BCUT2D eigenvalue weighted by molar-refractivity contribution is 7.84. The van der Waals surface area contributed by atoms with Gasteiger partial charge in [0.05, 0.1) is 0 Å². The van der Waals surface area contributed by atoms with Crippen LogP contribution in [-0.2, 0) is 16.6 Å². The van der Waals surface area contributed by atoms with Gasteiger partial charge in [-0.05, 0) is 50.3 Å². The monoisotopic (exact) mass is 293 g/mol. The van der Waals surface area contributed by atoms with Crippen molar-refractivity contribution in [2.75, 3.05) is 6.54 Å². The van der Waals surface area contributed by atoms with E-state index in [1.165, 1.54) is 30.4 Å². The third kappa shape index (κ3) is 4.42. The van der Waals surface area contributed by atoms with E-state index in [-0.39, 0.29) is 0 Å². The molecule has 2 rings (SSSR count). The fourth-order valence-electron chi connectivity index (χ4n) is 2.96. The minimum absolute atomic E-state index is 0.373. The Morgan fingerprint density at radius 2 is 2.10 bits per heavy atom. The van der Waals surface area contributed by atoms with Crippen LogP contribution in [0.4, 0.5) is 0 Å². The average molecular weight is 293 g/mol. The summed E-state index contributed by atoms with van der Waals surface area (Å²) in [5.74, 6) is 0.720. The molecule has 1 aliphatic rings. The number of rotatable bonds is 6. The fraction of sp³-hybridized carbons (Fsp3) is 0.647. The Morgan fingerprint density at radius 1 is 1.30 bits per heavy atom. The molecule has 0 aromatic heterocycles. The van der Waals surface area contributed by atoms with E-state index in [2.05, 4.69) is 31.3 Å². The molecular weight excluding hydrogens is 266 g/mol. The van der Waals surface area contributed by atoms with E-state index < -0.39 is 10.8 Å². The van der Waals surface area contributed by atoms with E-state index in [0.717, 1.165) is 25.1 Å². The lowest BCUT2D eigenvalue weighted by molar-refractivity contribution is 0.377. The van der Waals surface area contributed by atoms with E-state index in [0.29, 0.717) is 11.3 Å². The van der Waals surface area contributed by atoms with Crippen molar-refractivity contribution < 1.29 is 4.21 Å². The van der Waals surface area contributed by atoms with Gasteiger partial charge in [0.25, 0.3) is 0 Å². The van der Waals surface area contributed by atoms with Crippen LogP contribution in [-0.4, -0.2) is 22.0 Å². The van der Waals surface area contributed by atoms with Gasteiger partial charge >= 0.3 is 0 Å². The minimum Gasteiger partial charge on any atom is -0.314 e. The van der Waals surface area contributed by atoms with E-state index in [9.17, 15) is 4.21 Å². The minimum atomic E-state index is -0.734. The predicted molar refractivity (Wildman–Crippen MR) is 87.4 cm³/mol. The molecule has 0 bridgehead atoms. The van der Waals surface area contributed by atoms with Crippen LogP contribution in [0.5, 0.6) is 0 Å². The maximum atomic E-state index is 12.6. The van der Waals surface area contributed by atoms with Crippen LogP contribution >= 0.6 is 0 Å². The van der Waals surface area contributed by atoms with Crippen LogP contribution in [0.25, 0.3) is 0 Å². The van der Waals surface area contributed by atoms with Gasteiger partial charge in [0, 0.05) is 27.8 Å². The van der Waals surface area contributed by atoms with Crippen molar-refractivity contribution in [3.05, 3.63) is 35.4 Å². The molecule has 112 valence electrons. The van der Waals surface area contributed by atoms with Crippen LogP contribution in [0, 0.1) is 6.92 Å². The Hall–Kier alpha value is -0.670. The van der Waals surface area contributed by atoms with Crippen LogP contribution in [0.2, 0.25) is 0 Å². The second-order valence-electron chi connectivity index (χ2n) is 5.89. The zero-order valence-electron chi connectivity index (χ0n) is 12.7. The number of hydrogen-bond acceptors (Lipinski definition) is 2. The molecule has 2 nitrogen and oxygen atoms in total. The summed E-state index contributed by atoms with van der Waals surface area (Å²) in [6, 6.07) is 8.90. The third-order valence-corrected chi connectivity index (χ3v) is 6.01. The van der Waals surface area contributed by atoms with Crippen molar-refractivity contribution >= 4 is 10.8 Å². The molecule has 1 N–H and O–H groups in total. The van der Waals surface area contributed by atoms with Gasteiger partial charge in [0.15, 0.2) is 0 Å². The van der Waals surface area contributed by atoms with Crippen molar-refractivity contribution in [3.63, 3.8) is 0 Å². The van der Waals surface area contributed by atoms with E-state index in [4.69, 9.17) is 0 Å². The quantitative estimate of drug-likeness (QED) is 0.869. The molecule has 0 amide bonds. The highest BCUT2D eigenvalue weighted by Gasteiger charge is 2.26. The van der Waals surface area contributed by atoms with Crippen molar-refractivity contribution in [3.8, 4) is 0 Å². The van der Waals surface area contributed by atoms with Crippen LogP contribution in [0.1, 0.15) is 50.2 Å². The van der Waals surface area contributed by atoms with Crippen LogP contribution in [0.3, 0.4) is 0 Å². The second kappa shape index (κ2) is 7.94. The molecule has 3 unspecified atom stereocenters. The third-order valence-electron chi connectivity index (χ3n) is 4.24. The maximum Gasteiger partial charge on any atom is 0.0491 e. The molecule has 1 aromatic rings. The molecule has 3 atom stereocenters. The topological polar surface area (TPSA) is 29.1 Å². The molecule has 1 aliphatic carbocycles. The van der Waals surface area contributed by atoms with E-state index >= 15 is 0 Å². The summed E-state index contributed by atoms with van der Waals surface area (Å²) in [5, 5.41) is 3.97. The lowest BCUT2D eigenvalue weighted by atomic mass is 9.95. The summed E-state index contributed by atoms with van der Waals surface area (Å²) in [5.41, 5.74) is 2.51.